The van der Waals surface area contributed by atoms with Gasteiger partial charge in [-0.2, -0.15) is 5.26 Å². The molecule has 1 aromatic heterocycles. The maximum absolute atomic E-state index is 11.8. The minimum atomic E-state index is -1.12. The number of H-pyrrole nitrogens is 2. The number of carboxylic acid groups (broad SMARTS) is 1. The summed E-state index contributed by atoms with van der Waals surface area (Å²) in [5.41, 5.74) is 0.0400. The van der Waals surface area contributed by atoms with Crippen LogP contribution in [0.3, 0.4) is 0 Å². The van der Waals surface area contributed by atoms with E-state index in [0.717, 1.165) is 6.42 Å². The van der Waals surface area contributed by atoms with Crippen molar-refractivity contribution in [2.45, 2.75) is 13.3 Å². The zero-order valence-electron chi connectivity index (χ0n) is 14.4. The number of para-hydroxylation sites is 1. The zero-order chi connectivity index (χ0) is 19.8. The second-order valence-electron chi connectivity index (χ2n) is 5.35. The molecule has 2 rings (SSSR count). The summed E-state index contributed by atoms with van der Waals surface area (Å²) in [6, 6.07) is 6.91. The number of nitrogens with zero attached hydrogens (tertiary/aromatic N) is 1. The number of aliphatic carboxylic acids is 1. The van der Waals surface area contributed by atoms with Crippen LogP contribution >= 0.6 is 12.2 Å². The molecule has 3 N–H and O–H groups in total. The molecule has 0 aliphatic heterocycles. The van der Waals surface area contributed by atoms with Crippen molar-refractivity contribution in [1.29, 1.82) is 5.26 Å². The molecule has 9 heteroatoms. The zero-order valence-corrected chi connectivity index (χ0v) is 15.3. The van der Waals surface area contributed by atoms with Crippen LogP contribution in [-0.2, 0) is 4.79 Å². The molecule has 0 radical (unpaired) electrons. The molecule has 140 valence electrons. The Morgan fingerprint density at radius 3 is 2.78 bits per heavy atom. The summed E-state index contributed by atoms with van der Waals surface area (Å²) in [6.07, 6.45) is 3.85. The highest BCUT2D eigenvalue weighted by Gasteiger charge is 2.12. The van der Waals surface area contributed by atoms with E-state index in [4.69, 9.17) is 32.1 Å². The van der Waals surface area contributed by atoms with Crippen LogP contribution in [0.1, 0.15) is 30.2 Å². The summed E-state index contributed by atoms with van der Waals surface area (Å²) in [5, 5.41) is 18.1. The fourth-order valence-electron chi connectivity index (χ4n) is 2.19. The second-order valence-corrected chi connectivity index (χ2v) is 5.76. The lowest BCUT2D eigenvalue weighted by Gasteiger charge is -2.13. The Morgan fingerprint density at radius 2 is 2.11 bits per heavy atom. The fourth-order valence-corrected chi connectivity index (χ4v) is 2.39. The van der Waals surface area contributed by atoms with E-state index < -0.39 is 18.1 Å². The van der Waals surface area contributed by atoms with E-state index in [9.17, 15) is 9.59 Å². The van der Waals surface area contributed by atoms with Crippen LogP contribution < -0.4 is 15.0 Å². The van der Waals surface area contributed by atoms with Crippen molar-refractivity contribution in [1.82, 2.24) is 9.97 Å². The van der Waals surface area contributed by atoms with E-state index in [-0.39, 0.29) is 21.8 Å². The van der Waals surface area contributed by atoms with Crippen LogP contribution in [0.5, 0.6) is 11.5 Å². The van der Waals surface area contributed by atoms with Crippen molar-refractivity contribution < 1.29 is 19.4 Å². The van der Waals surface area contributed by atoms with Crippen molar-refractivity contribution in [3.8, 4) is 17.6 Å². The average molecular weight is 387 g/mol. The number of benzene rings is 1. The van der Waals surface area contributed by atoms with Crippen LogP contribution in [0.25, 0.3) is 12.2 Å². The molecule has 27 heavy (non-hydrogen) atoms. The number of nitrogens with one attached hydrogen (secondary N) is 2. The Balaban J connectivity index is 2.47. The molecule has 0 aliphatic carbocycles. The summed E-state index contributed by atoms with van der Waals surface area (Å²) in [4.78, 5) is 27.8. The SMILES string of the molecule is CCCOc1cccc(C=Cc2[nH]c(=S)[nH]c(=O)c2C#N)c1OCC(=O)O. The number of nitriles is 1. The Kier molecular flexibility index (Phi) is 6.91. The lowest BCUT2D eigenvalue weighted by atomic mass is 10.1. The van der Waals surface area contributed by atoms with E-state index in [0.29, 0.717) is 17.9 Å². The van der Waals surface area contributed by atoms with Crippen LogP contribution in [0, 0.1) is 16.1 Å². The average Bonchev–Trinajstić information content (AvgIpc) is 2.62. The Hall–Kier alpha value is -3.38. The highest BCUT2D eigenvalue weighted by Crippen LogP contribution is 2.33. The van der Waals surface area contributed by atoms with Gasteiger partial charge in [0.1, 0.15) is 11.6 Å². The lowest BCUT2D eigenvalue weighted by molar-refractivity contribution is -0.139. The highest BCUT2D eigenvalue weighted by molar-refractivity contribution is 7.71. The number of hydrogen-bond acceptors (Lipinski definition) is 6. The van der Waals surface area contributed by atoms with Crippen LogP contribution in [0.2, 0.25) is 0 Å². The van der Waals surface area contributed by atoms with Gasteiger partial charge in [0, 0.05) is 5.56 Å². The smallest absolute Gasteiger partial charge is 0.341 e. The first-order chi connectivity index (χ1) is 13.0. The van der Waals surface area contributed by atoms with E-state index in [2.05, 4.69) is 9.97 Å². The van der Waals surface area contributed by atoms with E-state index in [1.54, 1.807) is 24.3 Å². The Bertz CT molecular complexity index is 1020. The summed E-state index contributed by atoms with van der Waals surface area (Å²) in [6.45, 7) is 1.85. The fraction of sp³-hybridized carbons (Fsp3) is 0.222. The number of aromatic amines is 2. The quantitative estimate of drug-likeness (QED) is 0.594. The van der Waals surface area contributed by atoms with Gasteiger partial charge in [0.15, 0.2) is 22.9 Å². The van der Waals surface area contributed by atoms with Crippen LogP contribution in [0.4, 0.5) is 0 Å². The molecular weight excluding hydrogens is 370 g/mol. The molecule has 0 aliphatic rings. The number of carboxylic acids is 1. The molecule has 8 nitrogen and oxygen atoms in total. The van der Waals surface area contributed by atoms with Gasteiger partial charge in [0.25, 0.3) is 5.56 Å². The number of rotatable bonds is 8. The van der Waals surface area contributed by atoms with Crippen molar-refractivity contribution >= 4 is 30.3 Å². The molecule has 0 atom stereocenters. The molecule has 0 unspecified atom stereocenters. The molecule has 1 aromatic carbocycles. The summed E-state index contributed by atoms with van der Waals surface area (Å²) in [7, 11) is 0. The standard InChI is InChI=1S/C18H17N3O5S/c1-2-8-25-14-5-3-4-11(16(14)26-10-15(22)23)6-7-13-12(9-19)17(24)21-18(27)20-13/h3-7H,2,8,10H2,1H3,(H,22,23)(H2,20,21,24,27). The van der Waals surface area contributed by atoms with Crippen LogP contribution in [-0.4, -0.2) is 34.3 Å². The Morgan fingerprint density at radius 1 is 1.33 bits per heavy atom. The third-order valence-corrected chi connectivity index (χ3v) is 3.53. The predicted octanol–water partition coefficient (Wildman–Crippen LogP) is 2.73. The third kappa shape index (κ3) is 5.29. The Labute approximate surface area is 159 Å². The molecule has 0 saturated heterocycles. The molecular formula is C18H17N3O5S. The highest BCUT2D eigenvalue weighted by atomic mass is 32.1. The molecule has 2 aromatic rings. The number of carbonyl (C=O) groups is 1. The maximum atomic E-state index is 11.8. The third-order valence-electron chi connectivity index (χ3n) is 3.32. The molecule has 0 spiro atoms. The molecule has 0 fully saturated rings. The number of hydrogen-bond donors (Lipinski definition) is 3. The normalized spacial score (nSPS) is 10.5. The summed E-state index contributed by atoms with van der Waals surface area (Å²) >= 11 is 4.93. The van der Waals surface area contributed by atoms with Gasteiger partial charge >= 0.3 is 5.97 Å². The largest absolute Gasteiger partial charge is 0.490 e. The van der Waals surface area contributed by atoms with Gasteiger partial charge in [-0.15, -0.1) is 0 Å². The second kappa shape index (κ2) is 9.35. The van der Waals surface area contributed by atoms with Gasteiger partial charge in [-0.3, -0.25) is 9.78 Å². The van der Waals surface area contributed by atoms with Crippen molar-refractivity contribution in [2.75, 3.05) is 13.2 Å². The van der Waals surface area contributed by atoms with Gasteiger partial charge in [-0.05, 0) is 36.9 Å². The van der Waals surface area contributed by atoms with E-state index in [1.165, 1.54) is 6.08 Å². The van der Waals surface area contributed by atoms with E-state index >= 15 is 0 Å². The summed E-state index contributed by atoms with van der Waals surface area (Å²) < 4.78 is 11.1. The number of aromatic nitrogens is 2. The van der Waals surface area contributed by atoms with Crippen molar-refractivity contribution in [3.63, 3.8) is 0 Å². The molecule has 0 amide bonds. The molecule has 0 saturated carbocycles. The number of ether oxygens (including phenoxy) is 2. The minimum absolute atomic E-state index is 0.0843. The first-order valence-electron chi connectivity index (χ1n) is 8.01. The first-order valence-corrected chi connectivity index (χ1v) is 8.42. The van der Waals surface area contributed by atoms with Crippen molar-refractivity contribution in [2.24, 2.45) is 0 Å². The van der Waals surface area contributed by atoms with Gasteiger partial charge in [0.05, 0.1) is 12.3 Å². The van der Waals surface area contributed by atoms with E-state index in [1.807, 2.05) is 13.0 Å². The molecule has 1 heterocycles. The molecule has 0 bridgehead atoms. The van der Waals surface area contributed by atoms with Crippen LogP contribution in [0.15, 0.2) is 23.0 Å². The van der Waals surface area contributed by atoms with Gasteiger partial charge in [-0.1, -0.05) is 19.1 Å². The van der Waals surface area contributed by atoms with Gasteiger partial charge in [-0.25, -0.2) is 4.79 Å². The summed E-state index contributed by atoms with van der Waals surface area (Å²) in [5.74, 6) is -0.466. The predicted molar refractivity (Wildman–Crippen MR) is 101 cm³/mol. The topological polar surface area (TPSA) is 128 Å². The van der Waals surface area contributed by atoms with Gasteiger partial charge < -0.3 is 19.6 Å². The lowest BCUT2D eigenvalue weighted by Crippen LogP contribution is -2.13. The monoisotopic (exact) mass is 387 g/mol. The maximum Gasteiger partial charge on any atom is 0.341 e. The first kappa shape index (κ1) is 19.9. The van der Waals surface area contributed by atoms with Crippen molar-refractivity contribution in [3.05, 3.63) is 50.1 Å². The minimum Gasteiger partial charge on any atom is -0.490 e. The van der Waals surface area contributed by atoms with Gasteiger partial charge in [0.2, 0.25) is 0 Å².